The predicted octanol–water partition coefficient (Wildman–Crippen LogP) is -0.697. The summed E-state index contributed by atoms with van der Waals surface area (Å²) in [5.41, 5.74) is 5.05. The summed E-state index contributed by atoms with van der Waals surface area (Å²) in [6, 6.07) is 11.6. The third kappa shape index (κ3) is 1.68. The van der Waals surface area contributed by atoms with Crippen molar-refractivity contribution in [1.29, 1.82) is 10.5 Å². The summed E-state index contributed by atoms with van der Waals surface area (Å²) in [4.78, 5) is 14.1. The second-order valence-electron chi connectivity index (χ2n) is 6.97. The lowest BCUT2D eigenvalue weighted by atomic mass is 9.94. The maximum Gasteiger partial charge on any atom is 0.343 e. The Kier molecular flexibility index (Phi) is 3.20. The summed E-state index contributed by atoms with van der Waals surface area (Å²) in [6.07, 6.45) is -0.224. The number of rotatable bonds is 2. The zero-order chi connectivity index (χ0) is 18.7. The molecule has 3 aliphatic rings. The minimum atomic E-state index is -1.43. The Labute approximate surface area is 150 Å². The fourth-order valence-corrected chi connectivity index (χ4v) is 4.43. The standard InChI is InChI=1S/C18H17N5O3/c1-10-7-25-18(26-10)17(9-20)14(16(17,8-19)15(21)23-18)12-3-5-13(6-4-12)22-11(2)24/h3-6,10,14H,7H2,1-2H3,(H2,21,23)(H,22,24)/p+1/t10-,14+,16+,17+,18+/m0/s1. The van der Waals surface area contributed by atoms with Gasteiger partial charge in [0.25, 0.3) is 5.84 Å². The first-order valence-electron chi connectivity index (χ1n) is 8.30. The number of benzene rings is 1. The Morgan fingerprint density at radius 2 is 2.04 bits per heavy atom. The normalized spacial score (nSPS) is 39.6. The number of nitrogens with two attached hydrogens (primary N) is 1. The highest BCUT2D eigenvalue weighted by molar-refractivity contribution is 5.95. The maximum atomic E-state index is 11.2. The van der Waals surface area contributed by atoms with Gasteiger partial charge in [0, 0.05) is 18.5 Å². The minimum absolute atomic E-state index is 0.175. The van der Waals surface area contributed by atoms with Crippen molar-refractivity contribution in [3.63, 3.8) is 0 Å². The molecule has 2 fully saturated rings. The fourth-order valence-electron chi connectivity index (χ4n) is 4.43. The zero-order valence-electron chi connectivity index (χ0n) is 14.4. The number of hydrogen-bond acceptors (Lipinski definition) is 6. The molecular weight excluding hydrogens is 334 g/mol. The van der Waals surface area contributed by atoms with Crippen molar-refractivity contribution in [2.24, 2.45) is 16.6 Å². The van der Waals surface area contributed by atoms with Gasteiger partial charge in [-0.05, 0) is 24.6 Å². The predicted molar refractivity (Wildman–Crippen MR) is 89.0 cm³/mol. The molecule has 5 atom stereocenters. The van der Waals surface area contributed by atoms with Gasteiger partial charge in [-0.15, -0.1) is 0 Å². The van der Waals surface area contributed by atoms with Gasteiger partial charge < -0.3 is 14.8 Å². The fraction of sp³-hybridized carbons (Fsp3) is 0.444. The molecule has 2 aliphatic heterocycles. The van der Waals surface area contributed by atoms with Gasteiger partial charge in [-0.1, -0.05) is 12.1 Å². The average molecular weight is 352 g/mol. The van der Waals surface area contributed by atoms with Crippen LogP contribution < -0.4 is 16.0 Å². The van der Waals surface area contributed by atoms with Gasteiger partial charge in [-0.3, -0.25) is 10.5 Å². The number of amidine groups is 1. The van der Waals surface area contributed by atoms with E-state index in [9.17, 15) is 15.3 Å². The summed E-state index contributed by atoms with van der Waals surface area (Å²) >= 11 is 0. The lowest BCUT2D eigenvalue weighted by molar-refractivity contribution is -0.677. The van der Waals surface area contributed by atoms with Gasteiger partial charge in [0.1, 0.15) is 0 Å². The molecule has 1 amide bonds. The Morgan fingerprint density at radius 1 is 1.35 bits per heavy atom. The van der Waals surface area contributed by atoms with Crippen LogP contribution in [0.25, 0.3) is 0 Å². The summed E-state index contributed by atoms with van der Waals surface area (Å²) in [6.45, 7) is 3.57. The van der Waals surface area contributed by atoms with E-state index < -0.39 is 22.7 Å². The molecule has 26 heavy (non-hydrogen) atoms. The highest BCUT2D eigenvalue weighted by atomic mass is 16.8. The molecule has 0 bridgehead atoms. The van der Waals surface area contributed by atoms with Crippen LogP contribution in [-0.2, 0) is 14.3 Å². The summed E-state index contributed by atoms with van der Waals surface area (Å²) in [5, 5.41) is 22.7. The molecule has 1 aromatic carbocycles. The summed E-state index contributed by atoms with van der Waals surface area (Å²) in [5.74, 6) is -1.91. The number of amides is 1. The lowest BCUT2D eigenvalue weighted by Crippen LogP contribution is -2.90. The Hall–Kier alpha value is -2.94. The van der Waals surface area contributed by atoms with Crippen molar-refractivity contribution in [1.82, 2.24) is 0 Å². The third-order valence-electron chi connectivity index (χ3n) is 5.45. The third-order valence-corrected chi connectivity index (χ3v) is 5.45. The van der Waals surface area contributed by atoms with E-state index in [1.807, 2.05) is 6.92 Å². The van der Waals surface area contributed by atoms with Crippen LogP contribution in [0.3, 0.4) is 0 Å². The lowest BCUT2D eigenvalue weighted by Gasteiger charge is -2.24. The van der Waals surface area contributed by atoms with E-state index in [2.05, 4.69) is 22.4 Å². The van der Waals surface area contributed by atoms with Gasteiger partial charge in [0.2, 0.25) is 5.91 Å². The number of fused-ring (bicyclic) bond motifs is 2. The number of nitrogens with zero attached hydrogens (tertiary/aromatic N) is 2. The van der Waals surface area contributed by atoms with E-state index in [0.717, 1.165) is 5.56 Å². The van der Waals surface area contributed by atoms with E-state index >= 15 is 0 Å². The molecule has 0 radical (unpaired) electrons. The number of nitriles is 2. The smallest absolute Gasteiger partial charge is 0.326 e. The van der Waals surface area contributed by atoms with Crippen LogP contribution >= 0.6 is 0 Å². The molecule has 4 rings (SSSR count). The van der Waals surface area contributed by atoms with Crippen LogP contribution in [0.5, 0.6) is 0 Å². The monoisotopic (exact) mass is 352 g/mol. The molecule has 0 unspecified atom stereocenters. The Balaban J connectivity index is 1.79. The van der Waals surface area contributed by atoms with Crippen molar-refractivity contribution in [3.8, 4) is 12.1 Å². The highest BCUT2D eigenvalue weighted by Crippen LogP contribution is 2.79. The Morgan fingerprint density at radius 3 is 2.54 bits per heavy atom. The first kappa shape index (κ1) is 16.5. The minimum Gasteiger partial charge on any atom is -0.326 e. The number of ether oxygens (including phenoxy) is 2. The second-order valence-corrected chi connectivity index (χ2v) is 6.97. The molecular formula is C18H18N5O3+. The average Bonchev–Trinajstić information content (AvgIpc) is 2.99. The van der Waals surface area contributed by atoms with Gasteiger partial charge in [-0.2, -0.15) is 10.5 Å². The van der Waals surface area contributed by atoms with Crippen LogP contribution in [0.15, 0.2) is 24.3 Å². The zero-order valence-corrected chi connectivity index (χ0v) is 14.4. The van der Waals surface area contributed by atoms with Gasteiger partial charge in [0.15, 0.2) is 10.8 Å². The van der Waals surface area contributed by atoms with E-state index in [4.69, 9.17) is 15.2 Å². The van der Waals surface area contributed by atoms with Gasteiger partial charge in [0.05, 0.1) is 24.8 Å². The number of carbonyl (C=O) groups excluding carboxylic acids is 1. The van der Waals surface area contributed by atoms with Crippen molar-refractivity contribution in [2.75, 3.05) is 11.9 Å². The van der Waals surface area contributed by atoms with Crippen molar-refractivity contribution >= 4 is 17.4 Å². The summed E-state index contributed by atoms with van der Waals surface area (Å²) in [7, 11) is 0. The van der Waals surface area contributed by atoms with Crippen LogP contribution in [0.2, 0.25) is 0 Å². The molecule has 8 nitrogen and oxygen atoms in total. The molecule has 0 aromatic heterocycles. The maximum absolute atomic E-state index is 11.2. The van der Waals surface area contributed by atoms with Crippen LogP contribution in [-0.4, -0.2) is 30.4 Å². The van der Waals surface area contributed by atoms with Crippen molar-refractivity contribution < 1.29 is 19.3 Å². The first-order valence-corrected chi connectivity index (χ1v) is 8.30. The number of nitrogens with one attached hydrogen (secondary N) is 2. The quantitative estimate of drug-likeness (QED) is 0.644. The molecule has 1 spiro atoms. The number of carbonyl (C=O) groups is 1. The van der Waals surface area contributed by atoms with Crippen molar-refractivity contribution in [3.05, 3.63) is 29.8 Å². The van der Waals surface area contributed by atoms with Gasteiger partial charge in [-0.25, -0.2) is 4.99 Å². The van der Waals surface area contributed by atoms with Crippen molar-refractivity contribution in [2.45, 2.75) is 31.8 Å². The second kappa shape index (κ2) is 5.04. The molecule has 4 N–H and O–H groups in total. The molecule has 1 saturated carbocycles. The van der Waals surface area contributed by atoms with Gasteiger partial charge >= 0.3 is 5.91 Å². The van der Waals surface area contributed by atoms with E-state index in [1.54, 1.807) is 24.3 Å². The highest BCUT2D eigenvalue weighted by Gasteiger charge is 2.97. The van der Waals surface area contributed by atoms with E-state index in [-0.39, 0.29) is 17.8 Å². The molecule has 1 aromatic rings. The Bertz CT molecular complexity index is 914. The topological polar surface area (TPSA) is 135 Å². The summed E-state index contributed by atoms with van der Waals surface area (Å²) < 4.78 is 11.7. The molecule has 1 aliphatic carbocycles. The van der Waals surface area contributed by atoms with Crippen LogP contribution in [0.1, 0.15) is 25.3 Å². The van der Waals surface area contributed by atoms with Crippen LogP contribution in [0.4, 0.5) is 5.69 Å². The largest absolute Gasteiger partial charge is 0.343 e. The molecule has 1 saturated heterocycles. The molecule has 2 heterocycles. The number of hydrogen-bond donors (Lipinski definition) is 3. The van der Waals surface area contributed by atoms with E-state index in [0.29, 0.717) is 12.3 Å². The number of anilines is 1. The molecule has 8 heteroatoms. The van der Waals surface area contributed by atoms with E-state index in [1.165, 1.54) is 6.92 Å². The SMILES string of the molecule is CC(=O)Nc1ccc([C@H]2[C@@]3(C#N)[C@@]4([NH+]=C(N)[C@@]23C#N)OC[C@H](C)O4)cc1. The molecule has 132 valence electrons. The van der Waals surface area contributed by atoms with Crippen LogP contribution in [0, 0.1) is 33.5 Å². The first-order chi connectivity index (χ1) is 12.4.